The van der Waals surface area contributed by atoms with Gasteiger partial charge in [-0.3, -0.25) is 14.5 Å². The van der Waals surface area contributed by atoms with Gasteiger partial charge in [0.2, 0.25) is 11.8 Å². The van der Waals surface area contributed by atoms with E-state index in [0.717, 1.165) is 23.3 Å². The van der Waals surface area contributed by atoms with Crippen molar-refractivity contribution < 1.29 is 27.5 Å². The number of rotatable bonds is 7. The molecule has 0 spiro atoms. The Balaban J connectivity index is 1.65. The molecule has 7 nitrogen and oxygen atoms in total. The van der Waals surface area contributed by atoms with E-state index in [1.54, 1.807) is 7.05 Å². The van der Waals surface area contributed by atoms with Crippen LogP contribution < -0.4 is 15.5 Å². The fourth-order valence-corrected chi connectivity index (χ4v) is 3.69. The third-order valence-corrected chi connectivity index (χ3v) is 5.44. The van der Waals surface area contributed by atoms with Gasteiger partial charge in [0.25, 0.3) is 0 Å². The van der Waals surface area contributed by atoms with Crippen LogP contribution in [-0.2, 0) is 20.5 Å². The van der Waals surface area contributed by atoms with Crippen LogP contribution >= 0.6 is 0 Å². The van der Waals surface area contributed by atoms with Gasteiger partial charge in [-0.1, -0.05) is 12.1 Å². The molecule has 2 aromatic carbocycles. The van der Waals surface area contributed by atoms with Crippen molar-refractivity contribution in [2.45, 2.75) is 20.0 Å². The average molecular weight is 479 g/mol. The fraction of sp³-hybridized carbons (Fsp3) is 0.417. The lowest BCUT2D eigenvalue weighted by molar-refractivity contribution is -0.137. The number of nitrogens with zero attached hydrogens (tertiary/aromatic N) is 2. The number of hydrogen-bond acceptors (Lipinski definition) is 5. The van der Waals surface area contributed by atoms with E-state index in [-0.39, 0.29) is 24.7 Å². The molecule has 0 atom stereocenters. The van der Waals surface area contributed by atoms with Gasteiger partial charge >= 0.3 is 6.18 Å². The highest BCUT2D eigenvalue weighted by Gasteiger charge is 2.32. The Morgan fingerprint density at radius 1 is 0.971 bits per heavy atom. The number of amides is 2. The summed E-state index contributed by atoms with van der Waals surface area (Å²) in [6, 6.07) is 9.02. The topological polar surface area (TPSA) is 73.9 Å². The van der Waals surface area contributed by atoms with Gasteiger partial charge in [0.1, 0.15) is 0 Å². The van der Waals surface area contributed by atoms with Crippen molar-refractivity contribution in [2.75, 3.05) is 62.0 Å². The molecule has 0 saturated carbocycles. The molecule has 2 aromatic rings. The van der Waals surface area contributed by atoms with Gasteiger partial charge in [-0.15, -0.1) is 0 Å². The van der Waals surface area contributed by atoms with Crippen LogP contribution in [0.3, 0.4) is 0 Å². The van der Waals surface area contributed by atoms with E-state index in [4.69, 9.17) is 4.74 Å². The van der Waals surface area contributed by atoms with Crippen LogP contribution in [0.2, 0.25) is 0 Å². The number of likely N-dealkylation sites (N-methyl/N-ethyl adjacent to an activating group) is 1. The fourth-order valence-electron chi connectivity index (χ4n) is 3.69. The van der Waals surface area contributed by atoms with E-state index < -0.39 is 17.6 Å². The van der Waals surface area contributed by atoms with Crippen molar-refractivity contribution in [2.24, 2.45) is 0 Å². The highest BCUT2D eigenvalue weighted by Crippen LogP contribution is 2.35. The minimum Gasteiger partial charge on any atom is -0.378 e. The summed E-state index contributed by atoms with van der Waals surface area (Å²) >= 11 is 0. The van der Waals surface area contributed by atoms with E-state index in [1.165, 1.54) is 11.0 Å². The lowest BCUT2D eigenvalue weighted by Crippen LogP contribution is -2.38. The average Bonchev–Trinajstić information content (AvgIpc) is 2.76. The highest BCUT2D eigenvalue weighted by atomic mass is 19.4. The van der Waals surface area contributed by atoms with Gasteiger partial charge in [0.15, 0.2) is 0 Å². The number of nitrogens with one attached hydrogen (secondary N) is 2. The third kappa shape index (κ3) is 6.94. The lowest BCUT2D eigenvalue weighted by Gasteiger charge is -2.31. The molecule has 1 aliphatic heterocycles. The summed E-state index contributed by atoms with van der Waals surface area (Å²) in [5, 5.41) is 5.42. The molecule has 0 aliphatic carbocycles. The van der Waals surface area contributed by atoms with Gasteiger partial charge in [-0.2, -0.15) is 13.2 Å². The minimum atomic E-state index is -4.54. The maximum absolute atomic E-state index is 13.3. The number of hydrogen-bond donors (Lipinski definition) is 2. The van der Waals surface area contributed by atoms with Crippen LogP contribution in [0.1, 0.15) is 16.7 Å². The summed E-state index contributed by atoms with van der Waals surface area (Å²) in [4.78, 5) is 28.4. The molecule has 0 aromatic heterocycles. The number of ether oxygens (including phenoxy) is 1. The number of carbonyl (C=O) groups excluding carboxylic acids is 2. The first-order chi connectivity index (χ1) is 16.0. The van der Waals surface area contributed by atoms with Gasteiger partial charge in [0, 0.05) is 18.8 Å². The number of carbonyl (C=O) groups is 2. The van der Waals surface area contributed by atoms with Crippen LogP contribution in [0.15, 0.2) is 36.4 Å². The Morgan fingerprint density at radius 2 is 1.59 bits per heavy atom. The molecule has 1 fully saturated rings. The molecule has 184 valence electrons. The standard InChI is InChI=1S/C24H29F3N4O3/c1-16-4-5-17(2)19(12-16)28-22(32)14-30(3)15-23(33)29-20-13-18(24(25,26)27)6-7-21(20)31-8-10-34-11-9-31/h4-7,12-13H,8-11,14-15H2,1-3H3,(H,28,32)(H,29,33). The van der Waals surface area contributed by atoms with Crippen molar-refractivity contribution in [3.63, 3.8) is 0 Å². The largest absolute Gasteiger partial charge is 0.416 e. The van der Waals surface area contributed by atoms with Gasteiger partial charge < -0.3 is 20.3 Å². The molecule has 0 unspecified atom stereocenters. The first-order valence-electron chi connectivity index (χ1n) is 10.9. The van der Waals surface area contributed by atoms with Crippen LogP contribution in [0.25, 0.3) is 0 Å². The molecule has 1 heterocycles. The Kier molecular flexibility index (Phi) is 8.16. The first-order valence-corrected chi connectivity index (χ1v) is 10.9. The number of alkyl halides is 3. The Bertz CT molecular complexity index is 1040. The number of morpholine rings is 1. The summed E-state index contributed by atoms with van der Waals surface area (Å²) in [5.74, 6) is -0.812. The molecular weight excluding hydrogens is 449 g/mol. The van der Waals surface area contributed by atoms with Crippen molar-refractivity contribution in [3.8, 4) is 0 Å². The summed E-state index contributed by atoms with van der Waals surface area (Å²) in [5.41, 5.74) is 2.35. The zero-order valence-electron chi connectivity index (χ0n) is 19.5. The molecule has 1 aliphatic rings. The molecule has 2 amide bonds. The van der Waals surface area contributed by atoms with Gasteiger partial charge in [-0.25, -0.2) is 0 Å². The second kappa shape index (κ2) is 10.9. The van der Waals surface area contributed by atoms with Crippen molar-refractivity contribution >= 4 is 28.9 Å². The molecule has 10 heteroatoms. The smallest absolute Gasteiger partial charge is 0.378 e. The number of aryl methyl sites for hydroxylation is 2. The summed E-state index contributed by atoms with van der Waals surface area (Å²) < 4.78 is 45.1. The molecule has 0 radical (unpaired) electrons. The van der Waals surface area contributed by atoms with Crippen LogP contribution in [-0.4, -0.2) is 63.2 Å². The second-order valence-corrected chi connectivity index (χ2v) is 8.42. The molecular formula is C24H29F3N4O3. The van der Waals surface area contributed by atoms with Gasteiger partial charge in [-0.05, 0) is 56.3 Å². The monoisotopic (exact) mass is 478 g/mol. The number of halogens is 3. The van der Waals surface area contributed by atoms with E-state index in [1.807, 2.05) is 36.9 Å². The Labute approximate surface area is 196 Å². The zero-order chi connectivity index (χ0) is 24.9. The predicted octanol–water partition coefficient (Wildman–Crippen LogP) is 3.67. The highest BCUT2D eigenvalue weighted by molar-refractivity contribution is 5.97. The second-order valence-electron chi connectivity index (χ2n) is 8.42. The lowest BCUT2D eigenvalue weighted by atomic mass is 10.1. The molecule has 2 N–H and O–H groups in total. The zero-order valence-corrected chi connectivity index (χ0v) is 19.5. The van der Waals surface area contributed by atoms with Crippen LogP contribution in [0.5, 0.6) is 0 Å². The van der Waals surface area contributed by atoms with E-state index in [0.29, 0.717) is 37.7 Å². The Morgan fingerprint density at radius 3 is 2.21 bits per heavy atom. The molecule has 0 bridgehead atoms. The summed E-state index contributed by atoms with van der Waals surface area (Å²) in [7, 11) is 1.59. The molecule has 34 heavy (non-hydrogen) atoms. The van der Waals surface area contributed by atoms with Crippen LogP contribution in [0, 0.1) is 13.8 Å². The molecule has 3 rings (SSSR count). The first kappa shape index (κ1) is 25.5. The van der Waals surface area contributed by atoms with Gasteiger partial charge in [0.05, 0.1) is 43.2 Å². The minimum absolute atomic E-state index is 0.0558. The Hall–Kier alpha value is -3.11. The summed E-state index contributed by atoms with van der Waals surface area (Å²) in [6.07, 6.45) is -4.54. The van der Waals surface area contributed by atoms with E-state index in [2.05, 4.69) is 10.6 Å². The number of benzene rings is 2. The predicted molar refractivity (Wildman–Crippen MR) is 125 cm³/mol. The van der Waals surface area contributed by atoms with E-state index >= 15 is 0 Å². The third-order valence-electron chi connectivity index (χ3n) is 5.44. The SMILES string of the molecule is Cc1ccc(C)c(NC(=O)CN(C)CC(=O)Nc2cc(C(F)(F)F)ccc2N2CCOCC2)c1. The number of anilines is 3. The maximum Gasteiger partial charge on any atom is 0.416 e. The summed E-state index contributed by atoms with van der Waals surface area (Å²) in [6.45, 7) is 5.50. The van der Waals surface area contributed by atoms with Crippen LogP contribution in [0.4, 0.5) is 30.2 Å². The van der Waals surface area contributed by atoms with E-state index in [9.17, 15) is 22.8 Å². The van der Waals surface area contributed by atoms with Crippen molar-refractivity contribution in [1.29, 1.82) is 0 Å². The molecule has 1 saturated heterocycles. The quantitative estimate of drug-likeness (QED) is 0.636. The maximum atomic E-state index is 13.3. The normalized spacial score (nSPS) is 14.3. The van der Waals surface area contributed by atoms with Crippen molar-refractivity contribution in [1.82, 2.24) is 4.90 Å². The van der Waals surface area contributed by atoms with Crippen molar-refractivity contribution in [3.05, 3.63) is 53.1 Å².